The third kappa shape index (κ3) is 3.41. The number of nitrogen functional groups attached to an aromatic ring is 1. The quantitative estimate of drug-likeness (QED) is 0.652. The number of nitrogens with two attached hydrogens (primary N) is 1. The fourth-order valence-electron chi connectivity index (χ4n) is 1.82. The molecule has 0 spiro atoms. The fraction of sp³-hybridized carbons (Fsp3) is 0.692. The third-order valence-electron chi connectivity index (χ3n) is 3.26. The van der Waals surface area contributed by atoms with Crippen molar-refractivity contribution in [3.05, 3.63) is 20.8 Å². The normalized spacial score (nSPS) is 12.4. The molecule has 1 aromatic heterocycles. The zero-order valence-corrected chi connectivity index (χ0v) is 12.3. The Labute approximate surface area is 118 Å². The van der Waals surface area contributed by atoms with Crippen LogP contribution in [0.1, 0.15) is 26.7 Å². The third-order valence-corrected chi connectivity index (χ3v) is 3.26. The Balaban J connectivity index is 3.19. The van der Waals surface area contributed by atoms with Crippen LogP contribution in [0.25, 0.3) is 0 Å². The molecule has 0 radical (unpaired) electrons. The maximum atomic E-state index is 12.1. The van der Waals surface area contributed by atoms with E-state index in [4.69, 9.17) is 10.8 Å². The Hall–Kier alpha value is -1.76. The lowest BCUT2D eigenvalue weighted by molar-refractivity contribution is 0.244. The molecule has 0 bridgehead atoms. The lowest BCUT2D eigenvalue weighted by atomic mass is 10.2. The number of hydrogen-bond donors (Lipinski definition) is 3. The molecule has 0 saturated carbocycles. The number of rotatable bonds is 7. The fourth-order valence-corrected chi connectivity index (χ4v) is 1.82. The second kappa shape index (κ2) is 7.14. The van der Waals surface area contributed by atoms with E-state index in [1.807, 2.05) is 13.8 Å². The van der Waals surface area contributed by atoms with Crippen LogP contribution in [0.2, 0.25) is 0 Å². The highest BCUT2D eigenvalue weighted by Gasteiger charge is 2.15. The van der Waals surface area contributed by atoms with Gasteiger partial charge in [0.1, 0.15) is 11.5 Å². The van der Waals surface area contributed by atoms with Crippen LogP contribution >= 0.6 is 0 Å². The van der Waals surface area contributed by atoms with E-state index < -0.39 is 11.2 Å². The monoisotopic (exact) mass is 284 g/mol. The van der Waals surface area contributed by atoms with Crippen molar-refractivity contribution in [2.75, 3.05) is 24.2 Å². The van der Waals surface area contributed by atoms with Crippen LogP contribution in [0.15, 0.2) is 9.59 Å². The molecule has 0 saturated heterocycles. The molecule has 1 rings (SSSR count). The summed E-state index contributed by atoms with van der Waals surface area (Å²) in [6.07, 6.45) is 1.74. The molecular formula is C13H24N4O3. The molecule has 1 heterocycles. The number of unbranched alkanes of at least 4 members (excludes halogenated alkanes) is 1. The van der Waals surface area contributed by atoms with Crippen LogP contribution in [-0.2, 0) is 13.6 Å². The first-order chi connectivity index (χ1) is 9.43. The van der Waals surface area contributed by atoms with E-state index in [1.165, 1.54) is 11.6 Å². The molecule has 1 unspecified atom stereocenters. The Morgan fingerprint density at radius 3 is 2.60 bits per heavy atom. The minimum absolute atomic E-state index is 0.00451. The van der Waals surface area contributed by atoms with Gasteiger partial charge in [0.15, 0.2) is 0 Å². The van der Waals surface area contributed by atoms with E-state index in [9.17, 15) is 9.59 Å². The number of anilines is 2. The lowest BCUT2D eigenvalue weighted by Crippen LogP contribution is -2.41. The maximum absolute atomic E-state index is 12.1. The number of hydrogen-bond acceptors (Lipinski definition) is 5. The zero-order chi connectivity index (χ0) is 15.3. The number of aliphatic hydroxyl groups excluding tert-OH is 1. The van der Waals surface area contributed by atoms with Crippen molar-refractivity contribution in [1.82, 2.24) is 9.13 Å². The van der Waals surface area contributed by atoms with Crippen LogP contribution < -0.4 is 22.3 Å². The number of aliphatic hydroxyl groups is 1. The van der Waals surface area contributed by atoms with Gasteiger partial charge in [-0.2, -0.15) is 0 Å². The van der Waals surface area contributed by atoms with Crippen LogP contribution in [0.3, 0.4) is 0 Å². The standard InChI is InChI=1S/C13H24N4O3/c1-4-5-6-17-11(14)10(15-7-9(2)8-18)12(19)16(3)13(17)20/h9,15,18H,4-8,14H2,1-3H3. The van der Waals surface area contributed by atoms with E-state index in [0.29, 0.717) is 13.1 Å². The van der Waals surface area contributed by atoms with Crippen LogP contribution in [0, 0.1) is 5.92 Å². The first-order valence-electron chi connectivity index (χ1n) is 6.88. The largest absolute Gasteiger partial charge is 0.396 e. The van der Waals surface area contributed by atoms with Crippen molar-refractivity contribution in [3.63, 3.8) is 0 Å². The molecule has 7 heteroatoms. The van der Waals surface area contributed by atoms with Gasteiger partial charge in [-0.25, -0.2) is 4.79 Å². The minimum Gasteiger partial charge on any atom is -0.396 e. The lowest BCUT2D eigenvalue weighted by Gasteiger charge is -2.17. The SMILES string of the molecule is CCCCn1c(N)c(NCC(C)CO)c(=O)n(C)c1=O. The maximum Gasteiger partial charge on any atom is 0.332 e. The highest BCUT2D eigenvalue weighted by atomic mass is 16.3. The molecule has 7 nitrogen and oxygen atoms in total. The summed E-state index contributed by atoms with van der Waals surface area (Å²) in [4.78, 5) is 24.1. The molecule has 0 aliphatic heterocycles. The van der Waals surface area contributed by atoms with Gasteiger partial charge in [0.25, 0.3) is 5.56 Å². The molecule has 0 amide bonds. The van der Waals surface area contributed by atoms with E-state index >= 15 is 0 Å². The second-order valence-electron chi connectivity index (χ2n) is 5.08. The average Bonchev–Trinajstić information content (AvgIpc) is 2.44. The first-order valence-corrected chi connectivity index (χ1v) is 6.88. The van der Waals surface area contributed by atoms with Crippen molar-refractivity contribution in [1.29, 1.82) is 0 Å². The molecule has 0 fully saturated rings. The summed E-state index contributed by atoms with van der Waals surface area (Å²) in [6.45, 7) is 4.79. The van der Waals surface area contributed by atoms with Crippen molar-refractivity contribution < 1.29 is 5.11 Å². The van der Waals surface area contributed by atoms with E-state index in [2.05, 4.69) is 5.32 Å². The molecule has 114 valence electrons. The Morgan fingerprint density at radius 2 is 2.05 bits per heavy atom. The van der Waals surface area contributed by atoms with Gasteiger partial charge >= 0.3 is 5.69 Å². The van der Waals surface area contributed by atoms with Crippen LogP contribution in [0.4, 0.5) is 11.5 Å². The highest BCUT2D eigenvalue weighted by Crippen LogP contribution is 2.12. The molecule has 0 aliphatic carbocycles. The summed E-state index contributed by atoms with van der Waals surface area (Å²) in [7, 11) is 1.44. The minimum atomic E-state index is -0.439. The van der Waals surface area contributed by atoms with Gasteiger partial charge in [0, 0.05) is 26.7 Å². The number of nitrogens with one attached hydrogen (secondary N) is 1. The predicted molar refractivity (Wildman–Crippen MR) is 80.0 cm³/mol. The summed E-state index contributed by atoms with van der Waals surface area (Å²) in [5, 5.41) is 11.9. The molecule has 0 aromatic carbocycles. The van der Waals surface area contributed by atoms with Crippen molar-refractivity contribution >= 4 is 11.5 Å². The predicted octanol–water partition coefficient (Wildman–Crippen LogP) is -0.0304. The van der Waals surface area contributed by atoms with E-state index in [-0.39, 0.29) is 24.0 Å². The van der Waals surface area contributed by atoms with Gasteiger partial charge in [0.05, 0.1) is 0 Å². The van der Waals surface area contributed by atoms with Crippen molar-refractivity contribution in [2.24, 2.45) is 13.0 Å². The Bertz CT molecular complexity index is 562. The van der Waals surface area contributed by atoms with Gasteiger partial charge in [-0.15, -0.1) is 0 Å². The Kier molecular flexibility index (Phi) is 5.82. The van der Waals surface area contributed by atoms with Crippen LogP contribution in [-0.4, -0.2) is 27.4 Å². The average molecular weight is 284 g/mol. The van der Waals surface area contributed by atoms with Gasteiger partial charge in [-0.3, -0.25) is 13.9 Å². The first kappa shape index (κ1) is 16.3. The van der Waals surface area contributed by atoms with Gasteiger partial charge in [-0.1, -0.05) is 20.3 Å². The molecule has 4 N–H and O–H groups in total. The second-order valence-corrected chi connectivity index (χ2v) is 5.08. The van der Waals surface area contributed by atoms with Crippen molar-refractivity contribution in [2.45, 2.75) is 33.2 Å². The Morgan fingerprint density at radius 1 is 1.40 bits per heavy atom. The molecule has 1 atom stereocenters. The zero-order valence-electron chi connectivity index (χ0n) is 12.3. The van der Waals surface area contributed by atoms with Gasteiger partial charge in [0.2, 0.25) is 0 Å². The summed E-state index contributed by atoms with van der Waals surface area (Å²) in [5.74, 6) is 0.159. The van der Waals surface area contributed by atoms with Gasteiger partial charge < -0.3 is 16.2 Å². The summed E-state index contributed by atoms with van der Waals surface area (Å²) >= 11 is 0. The summed E-state index contributed by atoms with van der Waals surface area (Å²) in [5.41, 5.74) is 5.33. The number of nitrogens with zero attached hydrogens (tertiary/aromatic N) is 2. The van der Waals surface area contributed by atoms with Crippen LogP contribution in [0.5, 0.6) is 0 Å². The summed E-state index contributed by atoms with van der Waals surface area (Å²) < 4.78 is 2.47. The van der Waals surface area contributed by atoms with E-state index in [1.54, 1.807) is 0 Å². The van der Waals surface area contributed by atoms with Crippen molar-refractivity contribution in [3.8, 4) is 0 Å². The molecule has 20 heavy (non-hydrogen) atoms. The number of aromatic nitrogens is 2. The van der Waals surface area contributed by atoms with E-state index in [0.717, 1.165) is 17.4 Å². The molecule has 1 aromatic rings. The highest BCUT2D eigenvalue weighted by molar-refractivity contribution is 5.60. The molecule has 0 aliphatic rings. The van der Waals surface area contributed by atoms with Gasteiger partial charge in [-0.05, 0) is 12.3 Å². The summed E-state index contributed by atoms with van der Waals surface area (Å²) in [6, 6.07) is 0. The smallest absolute Gasteiger partial charge is 0.332 e. The topological polar surface area (TPSA) is 102 Å². The molecular weight excluding hydrogens is 260 g/mol.